The van der Waals surface area contributed by atoms with E-state index in [-0.39, 0.29) is 46.2 Å². The third-order valence-corrected chi connectivity index (χ3v) is 6.60. The van der Waals surface area contributed by atoms with E-state index in [1.807, 2.05) is 0 Å². The largest absolute Gasteiger partial charge is 0.381 e. The van der Waals surface area contributed by atoms with E-state index in [1.54, 1.807) is 13.0 Å². The molecule has 1 saturated carbocycles. The topological polar surface area (TPSA) is 116 Å². The predicted molar refractivity (Wildman–Crippen MR) is 109 cm³/mol. The normalized spacial score (nSPS) is 22.7. The van der Waals surface area contributed by atoms with Gasteiger partial charge in [-0.15, -0.1) is 0 Å². The van der Waals surface area contributed by atoms with E-state index < -0.39 is 38.7 Å². The number of carbonyl (C=O) groups is 3. The third-order valence-electron chi connectivity index (χ3n) is 5.07. The molecule has 0 saturated heterocycles. The fourth-order valence-corrected chi connectivity index (χ4v) is 4.99. The van der Waals surface area contributed by atoms with Gasteiger partial charge in [0.2, 0.25) is 0 Å². The van der Waals surface area contributed by atoms with E-state index in [1.165, 1.54) is 19.2 Å². The summed E-state index contributed by atoms with van der Waals surface area (Å²) in [6.07, 6.45) is 3.33. The van der Waals surface area contributed by atoms with Crippen LogP contribution in [-0.4, -0.2) is 51.3 Å². The minimum Gasteiger partial charge on any atom is -0.381 e. The maximum atomic E-state index is 13.0. The number of sulfone groups is 1. The maximum Gasteiger partial charge on any atom is 0.182 e. The fourth-order valence-electron chi connectivity index (χ4n) is 3.68. The van der Waals surface area contributed by atoms with Crippen molar-refractivity contribution in [3.8, 4) is 0 Å². The number of halogens is 1. The Bertz CT molecular complexity index is 1050. The van der Waals surface area contributed by atoms with Gasteiger partial charge in [0.1, 0.15) is 11.5 Å². The third kappa shape index (κ3) is 4.20. The van der Waals surface area contributed by atoms with Crippen molar-refractivity contribution >= 4 is 44.5 Å². The number of benzene rings is 1. The molecular weight excluding hydrogens is 434 g/mol. The fraction of sp³-hybridized carbons (Fsp3) is 0.450. The Morgan fingerprint density at radius 3 is 2.50 bits per heavy atom. The van der Waals surface area contributed by atoms with Crippen LogP contribution in [0.2, 0.25) is 5.02 Å². The van der Waals surface area contributed by atoms with Crippen molar-refractivity contribution in [3.05, 3.63) is 34.4 Å². The number of ketones is 3. The second-order valence-electron chi connectivity index (χ2n) is 7.66. The van der Waals surface area contributed by atoms with E-state index in [0.717, 1.165) is 6.26 Å². The SMILES string of the molecule is COCC1(C)C=C(c2c(S(C)(=O)=O)ccc(C(=O)C3C(=O)CCCC3=O)c2Cl)NO1. The Morgan fingerprint density at radius 1 is 1.30 bits per heavy atom. The molecule has 1 unspecified atom stereocenters. The van der Waals surface area contributed by atoms with Crippen LogP contribution in [0.3, 0.4) is 0 Å². The summed E-state index contributed by atoms with van der Waals surface area (Å²) in [5, 5.41) is -0.168. The molecule has 162 valence electrons. The van der Waals surface area contributed by atoms with Crippen molar-refractivity contribution in [2.45, 2.75) is 36.7 Å². The van der Waals surface area contributed by atoms with Crippen LogP contribution in [-0.2, 0) is 29.0 Å². The van der Waals surface area contributed by atoms with E-state index in [0.29, 0.717) is 6.42 Å². The first-order valence-corrected chi connectivity index (χ1v) is 11.5. The minimum absolute atomic E-state index is 0.0422. The molecule has 0 spiro atoms. The lowest BCUT2D eigenvalue weighted by Crippen LogP contribution is -2.35. The van der Waals surface area contributed by atoms with Crippen molar-refractivity contribution in [2.24, 2.45) is 5.92 Å². The van der Waals surface area contributed by atoms with E-state index in [4.69, 9.17) is 21.2 Å². The standard InChI is InChI=1S/C20H22ClNO7S/c1-20(10-28-2)9-12(22-29-20)16-15(30(3,26)27)8-7-11(18(16)21)19(25)17-13(23)5-4-6-14(17)24/h7-9,17,22H,4-6,10H2,1-3H3. The summed E-state index contributed by atoms with van der Waals surface area (Å²) in [5.74, 6) is -3.03. The van der Waals surface area contributed by atoms with Crippen LogP contribution in [0.4, 0.5) is 0 Å². The van der Waals surface area contributed by atoms with Crippen LogP contribution < -0.4 is 5.48 Å². The molecule has 1 N–H and O–H groups in total. The molecule has 2 aliphatic rings. The Balaban J connectivity index is 2.15. The van der Waals surface area contributed by atoms with Crippen LogP contribution in [0.1, 0.15) is 42.1 Å². The Morgan fingerprint density at radius 2 is 1.93 bits per heavy atom. The summed E-state index contributed by atoms with van der Waals surface area (Å²) in [5.41, 5.74) is 1.96. The number of hydroxylamine groups is 1. The minimum atomic E-state index is -3.73. The lowest BCUT2D eigenvalue weighted by molar-refractivity contribution is -0.133. The molecule has 1 atom stereocenters. The molecule has 1 heterocycles. The molecule has 1 fully saturated rings. The summed E-state index contributed by atoms with van der Waals surface area (Å²) < 4.78 is 29.8. The highest BCUT2D eigenvalue weighted by Crippen LogP contribution is 2.37. The highest BCUT2D eigenvalue weighted by molar-refractivity contribution is 7.90. The highest BCUT2D eigenvalue weighted by atomic mass is 35.5. The molecule has 0 amide bonds. The van der Waals surface area contributed by atoms with Gasteiger partial charge in [0.05, 0.1) is 22.2 Å². The first-order valence-electron chi connectivity index (χ1n) is 9.27. The molecule has 3 rings (SSSR count). The van der Waals surface area contributed by atoms with Crippen LogP contribution in [0, 0.1) is 5.92 Å². The zero-order chi connectivity index (χ0) is 22.3. The first-order chi connectivity index (χ1) is 14.0. The Kier molecular flexibility index (Phi) is 6.20. The smallest absolute Gasteiger partial charge is 0.182 e. The van der Waals surface area contributed by atoms with Crippen LogP contribution in [0.15, 0.2) is 23.1 Å². The zero-order valence-electron chi connectivity index (χ0n) is 16.8. The van der Waals surface area contributed by atoms with Crippen LogP contribution in [0.5, 0.6) is 0 Å². The van der Waals surface area contributed by atoms with Gasteiger partial charge in [-0.25, -0.2) is 8.42 Å². The van der Waals surface area contributed by atoms with E-state index >= 15 is 0 Å². The van der Waals surface area contributed by atoms with Crippen molar-refractivity contribution in [3.63, 3.8) is 0 Å². The number of carbonyl (C=O) groups excluding carboxylic acids is 3. The molecule has 0 bridgehead atoms. The van der Waals surface area contributed by atoms with Gasteiger partial charge in [-0.1, -0.05) is 11.6 Å². The predicted octanol–water partition coefficient (Wildman–Crippen LogP) is 2.15. The number of hydrogen-bond donors (Lipinski definition) is 1. The van der Waals surface area contributed by atoms with Crippen LogP contribution >= 0.6 is 11.6 Å². The monoisotopic (exact) mass is 455 g/mol. The van der Waals surface area contributed by atoms with Gasteiger partial charge in [0, 0.05) is 37.3 Å². The van der Waals surface area contributed by atoms with Crippen LogP contribution in [0.25, 0.3) is 5.70 Å². The summed E-state index contributed by atoms with van der Waals surface area (Å²) >= 11 is 6.50. The molecular formula is C20H22ClNO7S. The van der Waals surface area contributed by atoms with Crippen molar-refractivity contribution in [1.29, 1.82) is 0 Å². The molecule has 10 heteroatoms. The average molecular weight is 456 g/mol. The first kappa shape index (κ1) is 22.6. The van der Waals surface area contributed by atoms with Gasteiger partial charge in [-0.05, 0) is 31.6 Å². The summed E-state index contributed by atoms with van der Waals surface area (Å²) in [6, 6.07) is 2.49. The Hall–Kier alpha value is -2.07. The number of nitrogens with one attached hydrogen (secondary N) is 1. The second kappa shape index (κ2) is 8.22. The van der Waals surface area contributed by atoms with Gasteiger partial charge in [0.15, 0.2) is 27.2 Å². The number of methoxy groups -OCH3 is 1. The average Bonchev–Trinajstić information content (AvgIpc) is 3.02. The summed E-state index contributed by atoms with van der Waals surface area (Å²) in [4.78, 5) is 42.9. The molecule has 1 aliphatic heterocycles. The molecule has 1 aliphatic carbocycles. The molecule has 30 heavy (non-hydrogen) atoms. The van der Waals surface area contributed by atoms with Gasteiger partial charge in [-0.2, -0.15) is 0 Å². The van der Waals surface area contributed by atoms with Gasteiger partial charge in [0.25, 0.3) is 0 Å². The Labute approximate surface area is 179 Å². The van der Waals surface area contributed by atoms with Gasteiger partial charge in [-0.3, -0.25) is 24.7 Å². The quantitative estimate of drug-likeness (QED) is 0.512. The summed E-state index contributed by atoms with van der Waals surface area (Å²) in [6.45, 7) is 1.90. The summed E-state index contributed by atoms with van der Waals surface area (Å²) in [7, 11) is -2.24. The molecule has 1 aromatic rings. The molecule has 8 nitrogen and oxygen atoms in total. The molecule has 0 aromatic heterocycles. The van der Waals surface area contributed by atoms with Gasteiger partial charge < -0.3 is 4.74 Å². The number of Topliss-reactive ketones (excluding diaryl/α,β-unsaturated/α-hetero) is 3. The molecule has 0 radical (unpaired) electrons. The highest BCUT2D eigenvalue weighted by Gasteiger charge is 2.39. The number of rotatable bonds is 6. The van der Waals surface area contributed by atoms with E-state index in [2.05, 4.69) is 5.48 Å². The maximum absolute atomic E-state index is 13.0. The second-order valence-corrected chi connectivity index (χ2v) is 10.0. The zero-order valence-corrected chi connectivity index (χ0v) is 18.4. The molecule has 1 aromatic carbocycles. The lowest BCUT2D eigenvalue weighted by Gasteiger charge is -2.20. The van der Waals surface area contributed by atoms with E-state index in [9.17, 15) is 22.8 Å². The van der Waals surface area contributed by atoms with Crippen molar-refractivity contribution in [1.82, 2.24) is 5.48 Å². The van der Waals surface area contributed by atoms with Gasteiger partial charge >= 0.3 is 0 Å². The van der Waals surface area contributed by atoms with Crippen molar-refractivity contribution in [2.75, 3.05) is 20.0 Å². The number of hydrogen-bond acceptors (Lipinski definition) is 8. The number of ether oxygens (including phenoxy) is 1. The lowest BCUT2D eigenvalue weighted by atomic mass is 9.81. The van der Waals surface area contributed by atoms with Crippen molar-refractivity contribution < 1.29 is 32.4 Å².